The maximum Gasteiger partial charge on any atom is 0.226 e. The first kappa shape index (κ1) is 18.1. The first-order valence-corrected chi connectivity index (χ1v) is 9.44. The molecule has 1 saturated carbocycles. The molecule has 0 aromatic carbocycles. The number of pyridine rings is 1. The lowest BCUT2D eigenvalue weighted by molar-refractivity contribution is -0.128. The van der Waals surface area contributed by atoms with E-state index in [9.17, 15) is 4.79 Å². The van der Waals surface area contributed by atoms with E-state index in [0.29, 0.717) is 36.9 Å². The highest BCUT2D eigenvalue weighted by Gasteiger charge is 2.55. The van der Waals surface area contributed by atoms with E-state index in [0.717, 1.165) is 18.6 Å². The second-order valence-corrected chi connectivity index (χ2v) is 7.44. The van der Waals surface area contributed by atoms with Gasteiger partial charge in [-0.2, -0.15) is 4.98 Å². The Morgan fingerprint density at radius 2 is 2.15 bits per heavy atom. The van der Waals surface area contributed by atoms with E-state index < -0.39 is 0 Å². The minimum absolute atomic E-state index is 0.0751. The van der Waals surface area contributed by atoms with Crippen LogP contribution in [-0.2, 0) is 16.0 Å². The minimum atomic E-state index is 0.0751. The van der Waals surface area contributed by atoms with Crippen LogP contribution in [0, 0.1) is 5.92 Å². The second-order valence-electron chi connectivity index (χ2n) is 7.44. The molecule has 4 atom stereocenters. The Bertz CT molecular complexity index is 779. The number of ether oxygens (including phenoxy) is 1. The number of aromatic nitrogens is 3. The number of hydrogen-bond acceptors (Lipinski definition) is 7. The first-order chi connectivity index (χ1) is 13.1. The maximum absolute atomic E-state index is 12.4. The van der Waals surface area contributed by atoms with Crippen molar-refractivity contribution in [2.24, 2.45) is 5.92 Å². The number of fused-ring (bicyclic) bond motifs is 1. The van der Waals surface area contributed by atoms with E-state index in [2.05, 4.69) is 25.3 Å². The van der Waals surface area contributed by atoms with Crippen molar-refractivity contribution >= 4 is 5.91 Å². The van der Waals surface area contributed by atoms with Gasteiger partial charge < -0.3 is 19.5 Å². The van der Waals surface area contributed by atoms with Crippen molar-refractivity contribution in [3.05, 3.63) is 30.4 Å². The van der Waals surface area contributed by atoms with Gasteiger partial charge in [0.25, 0.3) is 0 Å². The van der Waals surface area contributed by atoms with Crippen LogP contribution < -0.4 is 5.32 Å². The third-order valence-corrected chi connectivity index (χ3v) is 5.47. The first-order valence-electron chi connectivity index (χ1n) is 9.44. The quantitative estimate of drug-likeness (QED) is 0.784. The molecule has 0 bridgehead atoms. The smallest absolute Gasteiger partial charge is 0.226 e. The predicted octanol–water partition coefficient (Wildman–Crippen LogP) is 1.29. The summed E-state index contributed by atoms with van der Waals surface area (Å²) in [4.78, 5) is 22.9. The summed E-state index contributed by atoms with van der Waals surface area (Å²) in [5.74, 6) is 1.62. The van der Waals surface area contributed by atoms with Crippen molar-refractivity contribution in [1.82, 2.24) is 25.3 Å². The fraction of sp³-hybridized carbons (Fsp3) is 0.579. The standard InChI is InChI=1S/C19H25N5O3/c1-24(2)17-16(13-8-11-26-18(13)17)21-14(25)4-3-5-15-22-19(23-27-15)12-6-9-20-10-7-12/h6-7,9-10,13,16-18H,3-5,8,11H2,1-2H3,(H,21,25)/t13-,16+,17-,18-/m1/s1. The predicted molar refractivity (Wildman–Crippen MR) is 97.7 cm³/mol. The molecule has 4 rings (SSSR count). The molecule has 1 saturated heterocycles. The largest absolute Gasteiger partial charge is 0.376 e. The van der Waals surface area contributed by atoms with Crippen molar-refractivity contribution < 1.29 is 14.1 Å². The summed E-state index contributed by atoms with van der Waals surface area (Å²) in [5.41, 5.74) is 0.866. The van der Waals surface area contributed by atoms with Crippen LogP contribution in [0.3, 0.4) is 0 Å². The number of nitrogens with zero attached hydrogens (tertiary/aromatic N) is 4. The topological polar surface area (TPSA) is 93.4 Å². The number of carbonyl (C=O) groups excluding carboxylic acids is 1. The molecule has 1 N–H and O–H groups in total. The van der Waals surface area contributed by atoms with Gasteiger partial charge in [-0.25, -0.2) is 0 Å². The molecule has 2 fully saturated rings. The molecule has 3 heterocycles. The lowest BCUT2D eigenvalue weighted by atomic mass is 9.71. The Labute approximate surface area is 158 Å². The maximum atomic E-state index is 12.4. The third-order valence-electron chi connectivity index (χ3n) is 5.47. The molecule has 144 valence electrons. The van der Waals surface area contributed by atoms with Crippen LogP contribution >= 0.6 is 0 Å². The van der Waals surface area contributed by atoms with Gasteiger partial charge in [0.15, 0.2) is 0 Å². The highest BCUT2D eigenvalue weighted by Crippen LogP contribution is 2.41. The monoisotopic (exact) mass is 371 g/mol. The number of rotatable bonds is 7. The molecule has 2 aliphatic rings. The van der Waals surface area contributed by atoms with Crippen molar-refractivity contribution in [3.8, 4) is 11.4 Å². The zero-order valence-electron chi connectivity index (χ0n) is 15.7. The zero-order chi connectivity index (χ0) is 18.8. The van der Waals surface area contributed by atoms with E-state index in [1.54, 1.807) is 12.4 Å². The minimum Gasteiger partial charge on any atom is -0.376 e. The lowest BCUT2D eigenvalue weighted by Gasteiger charge is -2.50. The second kappa shape index (κ2) is 7.74. The summed E-state index contributed by atoms with van der Waals surface area (Å²) < 4.78 is 11.1. The summed E-state index contributed by atoms with van der Waals surface area (Å²) in [6, 6.07) is 4.12. The molecular formula is C19H25N5O3. The van der Waals surface area contributed by atoms with Crippen LogP contribution in [-0.4, -0.2) is 64.8 Å². The molecular weight excluding hydrogens is 346 g/mol. The van der Waals surface area contributed by atoms with Crippen LogP contribution in [0.4, 0.5) is 0 Å². The number of aryl methyl sites for hydroxylation is 1. The van der Waals surface area contributed by atoms with Gasteiger partial charge in [0.2, 0.25) is 17.6 Å². The molecule has 0 spiro atoms. The van der Waals surface area contributed by atoms with Crippen LogP contribution in [0.25, 0.3) is 11.4 Å². The Morgan fingerprint density at radius 1 is 1.33 bits per heavy atom. The van der Waals surface area contributed by atoms with Crippen LogP contribution in [0.1, 0.15) is 25.2 Å². The molecule has 27 heavy (non-hydrogen) atoms. The lowest BCUT2D eigenvalue weighted by Crippen LogP contribution is -2.69. The molecule has 1 amide bonds. The molecule has 0 unspecified atom stereocenters. The Morgan fingerprint density at radius 3 is 2.93 bits per heavy atom. The number of carbonyl (C=O) groups is 1. The molecule has 8 nitrogen and oxygen atoms in total. The van der Waals surface area contributed by atoms with Crippen molar-refractivity contribution in [1.29, 1.82) is 0 Å². The Kier molecular flexibility index (Phi) is 5.18. The molecule has 0 radical (unpaired) electrons. The van der Waals surface area contributed by atoms with Gasteiger partial charge in [-0.05, 0) is 39.1 Å². The highest BCUT2D eigenvalue weighted by molar-refractivity contribution is 5.76. The van der Waals surface area contributed by atoms with Crippen molar-refractivity contribution in [3.63, 3.8) is 0 Å². The summed E-state index contributed by atoms with van der Waals surface area (Å²) in [6.07, 6.45) is 6.38. The van der Waals surface area contributed by atoms with E-state index >= 15 is 0 Å². The summed E-state index contributed by atoms with van der Waals surface area (Å²) in [6.45, 7) is 0.795. The fourth-order valence-electron chi connectivity index (χ4n) is 4.12. The van der Waals surface area contributed by atoms with E-state index in [1.165, 1.54) is 0 Å². The van der Waals surface area contributed by atoms with E-state index in [4.69, 9.17) is 9.26 Å². The van der Waals surface area contributed by atoms with Crippen LogP contribution in [0.15, 0.2) is 29.0 Å². The van der Waals surface area contributed by atoms with Crippen molar-refractivity contribution in [2.45, 2.75) is 43.9 Å². The van der Waals surface area contributed by atoms with Gasteiger partial charge in [-0.3, -0.25) is 9.78 Å². The van der Waals surface area contributed by atoms with Gasteiger partial charge >= 0.3 is 0 Å². The van der Waals surface area contributed by atoms with Crippen LogP contribution in [0.5, 0.6) is 0 Å². The summed E-state index contributed by atoms with van der Waals surface area (Å²) >= 11 is 0. The van der Waals surface area contributed by atoms with Gasteiger partial charge in [-0.1, -0.05) is 5.16 Å². The molecule has 2 aromatic rings. The fourth-order valence-corrected chi connectivity index (χ4v) is 4.12. The van der Waals surface area contributed by atoms with Gasteiger partial charge in [-0.15, -0.1) is 0 Å². The Balaban J connectivity index is 1.25. The average molecular weight is 371 g/mol. The van der Waals surface area contributed by atoms with Gasteiger partial charge in [0, 0.05) is 43.3 Å². The SMILES string of the molecule is CN(C)[C@@H]1[C@@H](NC(=O)CCCc2nc(-c3ccncc3)no2)[C@H]2CCO[C@H]21. The zero-order valence-corrected chi connectivity index (χ0v) is 15.7. The number of amides is 1. The van der Waals surface area contributed by atoms with E-state index in [1.807, 2.05) is 26.2 Å². The molecule has 8 heteroatoms. The molecule has 2 aromatic heterocycles. The number of hydrogen-bond donors (Lipinski definition) is 1. The van der Waals surface area contributed by atoms with Gasteiger partial charge in [0.05, 0.1) is 18.2 Å². The van der Waals surface area contributed by atoms with Crippen LogP contribution in [0.2, 0.25) is 0 Å². The summed E-state index contributed by atoms with van der Waals surface area (Å²) in [5, 5.41) is 7.19. The number of likely N-dealkylation sites (N-methyl/N-ethyl adjacent to an activating group) is 1. The molecule has 1 aliphatic heterocycles. The summed E-state index contributed by atoms with van der Waals surface area (Å²) in [7, 11) is 4.08. The Hall–Kier alpha value is -2.32. The average Bonchev–Trinajstić information content (AvgIpc) is 3.28. The van der Waals surface area contributed by atoms with Gasteiger partial charge in [0.1, 0.15) is 0 Å². The number of nitrogens with one attached hydrogen (secondary N) is 1. The third kappa shape index (κ3) is 3.72. The van der Waals surface area contributed by atoms with Crippen molar-refractivity contribution in [2.75, 3.05) is 20.7 Å². The normalized spacial score (nSPS) is 26.6. The highest BCUT2D eigenvalue weighted by atomic mass is 16.5. The molecule has 1 aliphatic carbocycles. The van der Waals surface area contributed by atoms with E-state index in [-0.39, 0.29) is 24.1 Å².